The minimum Gasteiger partial charge on any atom is -0.396 e. The van der Waals surface area contributed by atoms with Crippen LogP contribution >= 0.6 is 11.8 Å². The van der Waals surface area contributed by atoms with Crippen molar-refractivity contribution < 1.29 is 14.3 Å². The lowest BCUT2D eigenvalue weighted by Crippen LogP contribution is -2.48. The van der Waals surface area contributed by atoms with Gasteiger partial charge in [-0.1, -0.05) is 11.8 Å². The lowest BCUT2D eigenvalue weighted by atomic mass is 9.97. The van der Waals surface area contributed by atoms with Gasteiger partial charge < -0.3 is 15.7 Å². The molecule has 36 heavy (non-hydrogen) atoms. The summed E-state index contributed by atoms with van der Waals surface area (Å²) in [4.78, 5) is 19.2. The molecule has 2 saturated heterocycles. The lowest BCUT2D eigenvalue weighted by Gasteiger charge is -2.39. The Labute approximate surface area is 211 Å². The van der Waals surface area contributed by atoms with Crippen LogP contribution in [0.3, 0.4) is 0 Å². The number of aliphatic hydroxyl groups excluding tert-OH is 1. The molecule has 186 valence electrons. The van der Waals surface area contributed by atoms with Crippen molar-refractivity contribution in [3.63, 3.8) is 0 Å². The third kappa shape index (κ3) is 3.82. The third-order valence-corrected chi connectivity index (χ3v) is 8.33. The molecule has 2 bridgehead atoms. The van der Waals surface area contributed by atoms with Crippen molar-refractivity contribution >= 4 is 28.9 Å². The highest BCUT2D eigenvalue weighted by molar-refractivity contribution is 7.99. The van der Waals surface area contributed by atoms with Crippen molar-refractivity contribution in [2.75, 3.05) is 12.3 Å². The number of aromatic nitrogens is 5. The Morgan fingerprint density at radius 1 is 1.17 bits per heavy atom. The molecule has 6 heterocycles. The SMILES string of the molecule is Cc1c(-c2cc(Sc3ccc(F)cn3)c3c(N)cnn3c2)cnn1[C@H]1CC2CC[C@H](C1)N2C(=O)CO. The third-order valence-electron chi connectivity index (χ3n) is 7.35. The van der Waals surface area contributed by atoms with Gasteiger partial charge in [0.25, 0.3) is 0 Å². The molecule has 2 aliphatic rings. The van der Waals surface area contributed by atoms with Crippen molar-refractivity contribution in [2.24, 2.45) is 0 Å². The van der Waals surface area contributed by atoms with Gasteiger partial charge in [-0.05, 0) is 50.8 Å². The molecule has 9 nitrogen and oxygen atoms in total. The van der Waals surface area contributed by atoms with E-state index in [9.17, 15) is 14.3 Å². The molecule has 1 unspecified atom stereocenters. The summed E-state index contributed by atoms with van der Waals surface area (Å²) in [7, 11) is 0. The molecule has 2 aliphatic heterocycles. The van der Waals surface area contributed by atoms with Crippen LogP contribution < -0.4 is 5.73 Å². The molecule has 0 spiro atoms. The maximum absolute atomic E-state index is 13.4. The average molecular weight is 508 g/mol. The standard InChI is InChI=1S/C25H26FN7O2S/c1-14-20(10-30-33(14)19-7-17-3-4-18(8-19)32(17)24(35)13-34)15-6-22(25-21(27)11-29-31(25)12-15)36-23-5-2-16(26)9-28-23/h2,5-6,9-12,17-19,34H,3-4,7-8,13,27H2,1H3/t17-,18?,19-/m1/s1. The van der Waals surface area contributed by atoms with Gasteiger partial charge in [0.1, 0.15) is 23.0 Å². The highest BCUT2D eigenvalue weighted by atomic mass is 32.2. The number of hydrogen-bond acceptors (Lipinski definition) is 7. The highest BCUT2D eigenvalue weighted by Crippen LogP contribution is 2.42. The molecule has 4 aromatic heterocycles. The summed E-state index contributed by atoms with van der Waals surface area (Å²) >= 11 is 1.40. The van der Waals surface area contributed by atoms with Crippen LogP contribution in [-0.4, -0.2) is 59.0 Å². The Balaban J connectivity index is 1.33. The van der Waals surface area contributed by atoms with E-state index in [1.54, 1.807) is 16.8 Å². The van der Waals surface area contributed by atoms with Crippen LogP contribution in [0.25, 0.3) is 16.6 Å². The number of rotatable bonds is 5. The van der Waals surface area contributed by atoms with Crippen molar-refractivity contribution in [1.82, 2.24) is 29.3 Å². The number of fused-ring (bicyclic) bond motifs is 3. The first-order valence-corrected chi connectivity index (χ1v) is 12.8. The Morgan fingerprint density at radius 3 is 2.64 bits per heavy atom. The van der Waals surface area contributed by atoms with Gasteiger partial charge in [-0.15, -0.1) is 0 Å². The number of aliphatic hydroxyl groups is 1. The molecule has 2 fully saturated rings. The number of halogens is 1. The van der Waals surface area contributed by atoms with Gasteiger partial charge in [0.2, 0.25) is 5.91 Å². The van der Waals surface area contributed by atoms with Gasteiger partial charge >= 0.3 is 0 Å². The van der Waals surface area contributed by atoms with E-state index >= 15 is 0 Å². The van der Waals surface area contributed by atoms with E-state index in [0.717, 1.165) is 52.9 Å². The highest BCUT2D eigenvalue weighted by Gasteiger charge is 2.44. The number of carbonyl (C=O) groups is 1. The second-order valence-electron chi connectivity index (χ2n) is 9.46. The van der Waals surface area contributed by atoms with Gasteiger partial charge in [-0.3, -0.25) is 9.48 Å². The van der Waals surface area contributed by atoms with Crippen LogP contribution in [-0.2, 0) is 4.79 Å². The Kier molecular flexibility index (Phi) is 5.68. The molecule has 0 aliphatic carbocycles. The van der Waals surface area contributed by atoms with Crippen LogP contribution in [0.1, 0.15) is 37.4 Å². The number of pyridine rings is 2. The van der Waals surface area contributed by atoms with E-state index in [2.05, 4.69) is 21.7 Å². The molecule has 1 amide bonds. The minimum atomic E-state index is -0.434. The summed E-state index contributed by atoms with van der Waals surface area (Å²) in [6.07, 6.45) is 10.2. The van der Waals surface area contributed by atoms with E-state index in [-0.39, 0.29) is 29.8 Å². The van der Waals surface area contributed by atoms with E-state index in [1.165, 1.54) is 24.0 Å². The molecule has 3 N–H and O–H groups in total. The predicted molar refractivity (Wildman–Crippen MR) is 133 cm³/mol. The van der Waals surface area contributed by atoms with Crippen molar-refractivity contribution in [2.45, 2.75) is 60.7 Å². The van der Waals surface area contributed by atoms with Crippen LogP contribution in [0.2, 0.25) is 0 Å². The number of hydrogen-bond donors (Lipinski definition) is 2. The summed E-state index contributed by atoms with van der Waals surface area (Å²) in [5.41, 5.74) is 10.5. The minimum absolute atomic E-state index is 0.148. The molecular formula is C25H26FN7O2S. The maximum Gasteiger partial charge on any atom is 0.248 e. The van der Waals surface area contributed by atoms with Crippen molar-refractivity contribution in [1.29, 1.82) is 0 Å². The monoisotopic (exact) mass is 507 g/mol. The molecule has 0 aromatic carbocycles. The first-order valence-electron chi connectivity index (χ1n) is 12.0. The molecule has 6 rings (SSSR count). The summed E-state index contributed by atoms with van der Waals surface area (Å²) in [6, 6.07) is 5.56. The van der Waals surface area contributed by atoms with Gasteiger partial charge in [-0.2, -0.15) is 10.2 Å². The van der Waals surface area contributed by atoms with Gasteiger partial charge in [0.05, 0.1) is 30.3 Å². The molecule has 0 saturated carbocycles. The Bertz CT molecular complexity index is 1440. The number of nitrogens with two attached hydrogens (primary N) is 1. The predicted octanol–water partition coefficient (Wildman–Crippen LogP) is 3.46. The molecule has 0 radical (unpaired) electrons. The van der Waals surface area contributed by atoms with E-state index < -0.39 is 6.61 Å². The van der Waals surface area contributed by atoms with Crippen LogP contribution in [0.5, 0.6) is 0 Å². The molecule has 4 aromatic rings. The average Bonchev–Trinajstić information content (AvgIpc) is 3.53. The number of carbonyl (C=O) groups excluding carboxylic acids is 1. The quantitative estimate of drug-likeness (QED) is 0.425. The second kappa shape index (κ2) is 8.90. The van der Waals surface area contributed by atoms with E-state index in [4.69, 9.17) is 10.8 Å². The fraction of sp³-hybridized carbons (Fsp3) is 0.360. The van der Waals surface area contributed by atoms with Gasteiger partial charge in [0.15, 0.2) is 0 Å². The molecule has 3 atom stereocenters. The molecule has 11 heteroatoms. The zero-order valence-corrected chi connectivity index (χ0v) is 20.5. The molecular weight excluding hydrogens is 481 g/mol. The first-order chi connectivity index (χ1) is 17.4. The van der Waals surface area contributed by atoms with E-state index in [1.807, 2.05) is 23.4 Å². The number of nitrogens with zero attached hydrogens (tertiary/aromatic N) is 6. The maximum atomic E-state index is 13.4. The van der Waals surface area contributed by atoms with Gasteiger partial charge in [-0.25, -0.2) is 13.9 Å². The van der Waals surface area contributed by atoms with Gasteiger partial charge in [0, 0.05) is 40.0 Å². The fourth-order valence-electron chi connectivity index (χ4n) is 5.78. The zero-order valence-electron chi connectivity index (χ0n) is 19.7. The largest absolute Gasteiger partial charge is 0.396 e. The number of piperidine rings is 1. The summed E-state index contributed by atoms with van der Waals surface area (Å²) in [6.45, 7) is 1.63. The summed E-state index contributed by atoms with van der Waals surface area (Å²) < 4.78 is 17.2. The van der Waals surface area contributed by atoms with E-state index in [0.29, 0.717) is 10.7 Å². The van der Waals surface area contributed by atoms with Crippen LogP contribution in [0, 0.1) is 12.7 Å². The Morgan fingerprint density at radius 2 is 1.94 bits per heavy atom. The number of amides is 1. The summed E-state index contributed by atoms with van der Waals surface area (Å²) in [5.74, 6) is -0.559. The smallest absolute Gasteiger partial charge is 0.248 e. The first kappa shape index (κ1) is 23.0. The zero-order chi connectivity index (χ0) is 25.0. The van der Waals surface area contributed by atoms with Crippen molar-refractivity contribution in [3.05, 3.63) is 54.5 Å². The second-order valence-corrected chi connectivity index (χ2v) is 10.5. The van der Waals surface area contributed by atoms with Crippen molar-refractivity contribution in [3.8, 4) is 11.1 Å². The topological polar surface area (TPSA) is 115 Å². The lowest BCUT2D eigenvalue weighted by molar-refractivity contribution is -0.139. The fourth-order valence-corrected chi connectivity index (χ4v) is 6.74. The number of nitrogen functional groups attached to an aromatic ring is 1. The normalized spacial score (nSPS) is 21.4. The Hall–Kier alpha value is -3.44. The van der Waals surface area contributed by atoms with Crippen LogP contribution in [0.4, 0.5) is 10.1 Å². The van der Waals surface area contributed by atoms with Crippen LogP contribution in [0.15, 0.2) is 52.9 Å². The summed E-state index contributed by atoms with van der Waals surface area (Å²) in [5, 5.41) is 19.2. The number of anilines is 1.